The third-order valence-electron chi connectivity index (χ3n) is 1.94. The van der Waals surface area contributed by atoms with Crippen LogP contribution in [0.25, 0.3) is 0 Å². The van der Waals surface area contributed by atoms with Gasteiger partial charge in [-0.1, -0.05) is 23.7 Å². The summed E-state index contributed by atoms with van der Waals surface area (Å²) in [6.07, 6.45) is 2.15. The van der Waals surface area contributed by atoms with Crippen molar-refractivity contribution >= 4 is 34.8 Å². The maximum atomic E-state index is 11.4. The van der Waals surface area contributed by atoms with Crippen molar-refractivity contribution < 1.29 is 4.79 Å². The molecule has 1 amide bonds. The van der Waals surface area contributed by atoms with Crippen LogP contribution in [0.15, 0.2) is 24.3 Å². The fourth-order valence-electron chi connectivity index (χ4n) is 1.16. The van der Waals surface area contributed by atoms with Crippen molar-refractivity contribution in [3.05, 3.63) is 29.3 Å². The molecule has 0 aliphatic rings. The molecule has 0 unspecified atom stereocenters. The zero-order chi connectivity index (χ0) is 11.1. The number of carbonyl (C=O) groups is 1. The first-order valence-corrected chi connectivity index (χ1v) is 5.75. The fraction of sp³-hybridized carbons (Fsp3) is 0.364. The SMILES string of the molecule is O=C(CCCCCl)Nc1ccccc1Cl. The number of nitrogens with one attached hydrogen (secondary N) is 1. The number of hydrogen-bond donors (Lipinski definition) is 1. The summed E-state index contributed by atoms with van der Waals surface area (Å²) in [5.41, 5.74) is 0.662. The minimum atomic E-state index is -0.0202. The van der Waals surface area contributed by atoms with Crippen LogP contribution in [0.2, 0.25) is 5.02 Å². The Morgan fingerprint density at radius 1 is 1.27 bits per heavy atom. The first kappa shape index (κ1) is 12.3. The number of unbranched alkanes of at least 4 members (excludes halogenated alkanes) is 1. The summed E-state index contributed by atoms with van der Waals surface area (Å²) in [5.74, 6) is 0.576. The fourth-order valence-corrected chi connectivity index (χ4v) is 1.53. The highest BCUT2D eigenvalue weighted by atomic mass is 35.5. The van der Waals surface area contributed by atoms with Crippen LogP contribution in [0.5, 0.6) is 0 Å². The molecule has 2 nitrogen and oxygen atoms in total. The van der Waals surface area contributed by atoms with E-state index in [-0.39, 0.29) is 5.91 Å². The average Bonchev–Trinajstić information content (AvgIpc) is 2.22. The van der Waals surface area contributed by atoms with Gasteiger partial charge in [0, 0.05) is 12.3 Å². The van der Waals surface area contributed by atoms with Gasteiger partial charge in [0.25, 0.3) is 0 Å². The molecule has 0 atom stereocenters. The molecule has 0 aliphatic heterocycles. The van der Waals surface area contributed by atoms with E-state index in [1.807, 2.05) is 12.1 Å². The maximum Gasteiger partial charge on any atom is 0.224 e. The van der Waals surface area contributed by atoms with E-state index in [0.717, 1.165) is 12.8 Å². The molecule has 0 spiro atoms. The molecular formula is C11H13Cl2NO. The zero-order valence-corrected chi connectivity index (χ0v) is 9.81. The molecule has 0 aliphatic carbocycles. The van der Waals surface area contributed by atoms with Crippen LogP contribution in [0.4, 0.5) is 5.69 Å². The molecule has 0 fully saturated rings. The van der Waals surface area contributed by atoms with E-state index in [1.165, 1.54) is 0 Å². The lowest BCUT2D eigenvalue weighted by Crippen LogP contribution is -2.11. The summed E-state index contributed by atoms with van der Waals surface area (Å²) in [6, 6.07) is 7.18. The third kappa shape index (κ3) is 4.54. The number of carbonyl (C=O) groups excluding carboxylic acids is 1. The van der Waals surface area contributed by atoms with E-state index < -0.39 is 0 Å². The van der Waals surface area contributed by atoms with E-state index in [4.69, 9.17) is 23.2 Å². The van der Waals surface area contributed by atoms with Gasteiger partial charge in [-0.3, -0.25) is 4.79 Å². The van der Waals surface area contributed by atoms with Gasteiger partial charge in [0.2, 0.25) is 5.91 Å². The van der Waals surface area contributed by atoms with Crippen molar-refractivity contribution in [1.29, 1.82) is 0 Å². The quantitative estimate of drug-likeness (QED) is 0.623. The Labute approximate surface area is 99.6 Å². The van der Waals surface area contributed by atoms with Gasteiger partial charge in [-0.2, -0.15) is 0 Å². The summed E-state index contributed by atoms with van der Waals surface area (Å²) in [7, 11) is 0. The normalized spacial score (nSPS) is 10.0. The first-order valence-electron chi connectivity index (χ1n) is 4.84. The average molecular weight is 246 g/mol. The predicted octanol–water partition coefficient (Wildman–Crippen LogP) is 3.69. The molecular weight excluding hydrogens is 233 g/mol. The molecule has 1 aromatic carbocycles. The van der Waals surface area contributed by atoms with Crippen molar-refractivity contribution in [2.45, 2.75) is 19.3 Å². The highest BCUT2D eigenvalue weighted by molar-refractivity contribution is 6.33. The minimum absolute atomic E-state index is 0.0202. The minimum Gasteiger partial charge on any atom is -0.325 e. The Hall–Kier alpha value is -0.730. The maximum absolute atomic E-state index is 11.4. The summed E-state index contributed by atoms with van der Waals surface area (Å²) >= 11 is 11.4. The molecule has 0 aromatic heterocycles. The molecule has 1 N–H and O–H groups in total. The Balaban J connectivity index is 2.41. The second-order valence-corrected chi connectivity index (χ2v) is 3.96. The monoisotopic (exact) mass is 245 g/mol. The largest absolute Gasteiger partial charge is 0.325 e. The molecule has 0 bridgehead atoms. The van der Waals surface area contributed by atoms with Crippen molar-refractivity contribution in [3.63, 3.8) is 0 Å². The zero-order valence-electron chi connectivity index (χ0n) is 8.30. The van der Waals surface area contributed by atoms with E-state index in [9.17, 15) is 4.79 Å². The Morgan fingerprint density at radius 2 is 2.00 bits per heavy atom. The number of hydrogen-bond acceptors (Lipinski definition) is 1. The number of halogens is 2. The highest BCUT2D eigenvalue weighted by Crippen LogP contribution is 2.20. The van der Waals surface area contributed by atoms with Crippen LogP contribution >= 0.6 is 23.2 Å². The van der Waals surface area contributed by atoms with Crippen LogP contribution in [0.1, 0.15) is 19.3 Å². The number of amides is 1. The Morgan fingerprint density at radius 3 is 2.67 bits per heavy atom. The summed E-state index contributed by atoms with van der Waals surface area (Å²) in [6.45, 7) is 0. The van der Waals surface area contributed by atoms with Crippen LogP contribution in [-0.4, -0.2) is 11.8 Å². The summed E-state index contributed by atoms with van der Waals surface area (Å²) < 4.78 is 0. The van der Waals surface area contributed by atoms with E-state index in [0.29, 0.717) is 23.0 Å². The van der Waals surface area contributed by atoms with Crippen LogP contribution in [0.3, 0.4) is 0 Å². The van der Waals surface area contributed by atoms with E-state index >= 15 is 0 Å². The Bertz CT molecular complexity index is 328. The van der Waals surface area contributed by atoms with Crippen molar-refractivity contribution in [2.24, 2.45) is 0 Å². The summed E-state index contributed by atoms with van der Waals surface area (Å²) in [4.78, 5) is 11.4. The number of anilines is 1. The van der Waals surface area contributed by atoms with Gasteiger partial charge in [-0.05, 0) is 25.0 Å². The molecule has 4 heteroatoms. The van der Waals surface area contributed by atoms with Gasteiger partial charge < -0.3 is 5.32 Å². The van der Waals surface area contributed by atoms with Gasteiger partial charge in [0.15, 0.2) is 0 Å². The van der Waals surface area contributed by atoms with Crippen LogP contribution in [0, 0.1) is 0 Å². The lowest BCUT2D eigenvalue weighted by Gasteiger charge is -2.06. The molecule has 1 aromatic rings. The number of benzene rings is 1. The summed E-state index contributed by atoms with van der Waals surface area (Å²) in [5, 5.41) is 3.31. The number of alkyl halides is 1. The number of rotatable bonds is 5. The standard InChI is InChI=1S/C11H13Cl2NO/c12-8-4-3-7-11(15)14-10-6-2-1-5-9(10)13/h1-2,5-6H,3-4,7-8H2,(H,14,15). The van der Waals surface area contributed by atoms with Gasteiger partial charge in [-0.15, -0.1) is 11.6 Å². The smallest absolute Gasteiger partial charge is 0.224 e. The molecule has 0 radical (unpaired) electrons. The molecule has 82 valence electrons. The van der Waals surface area contributed by atoms with Crippen molar-refractivity contribution in [1.82, 2.24) is 0 Å². The molecule has 15 heavy (non-hydrogen) atoms. The lowest BCUT2D eigenvalue weighted by atomic mass is 10.2. The van der Waals surface area contributed by atoms with E-state index in [2.05, 4.69) is 5.32 Å². The number of para-hydroxylation sites is 1. The van der Waals surface area contributed by atoms with Gasteiger partial charge in [0.05, 0.1) is 10.7 Å². The predicted molar refractivity (Wildman–Crippen MR) is 64.7 cm³/mol. The van der Waals surface area contributed by atoms with Crippen molar-refractivity contribution in [2.75, 3.05) is 11.2 Å². The van der Waals surface area contributed by atoms with Crippen LogP contribution < -0.4 is 5.32 Å². The molecule has 1 rings (SSSR count). The second kappa shape index (κ2) is 6.70. The third-order valence-corrected chi connectivity index (χ3v) is 2.53. The molecule has 0 saturated carbocycles. The van der Waals surface area contributed by atoms with E-state index in [1.54, 1.807) is 12.1 Å². The van der Waals surface area contributed by atoms with Crippen molar-refractivity contribution in [3.8, 4) is 0 Å². The van der Waals surface area contributed by atoms with Gasteiger partial charge >= 0.3 is 0 Å². The molecule has 0 heterocycles. The van der Waals surface area contributed by atoms with Gasteiger partial charge in [-0.25, -0.2) is 0 Å². The lowest BCUT2D eigenvalue weighted by molar-refractivity contribution is -0.116. The van der Waals surface area contributed by atoms with Gasteiger partial charge in [0.1, 0.15) is 0 Å². The first-order chi connectivity index (χ1) is 7.24. The second-order valence-electron chi connectivity index (χ2n) is 3.17. The molecule has 0 saturated heterocycles. The van der Waals surface area contributed by atoms with Crippen LogP contribution in [-0.2, 0) is 4.79 Å². The topological polar surface area (TPSA) is 29.1 Å². The highest BCUT2D eigenvalue weighted by Gasteiger charge is 2.04. The Kier molecular flexibility index (Phi) is 5.51.